The van der Waals surface area contributed by atoms with Gasteiger partial charge in [-0.25, -0.2) is 0 Å². The molecule has 2 heterocycles. The summed E-state index contributed by atoms with van der Waals surface area (Å²) < 4.78 is 37.0. The highest BCUT2D eigenvalue weighted by atomic mass is 19.4. The maximum Gasteiger partial charge on any atom is 0.406 e. The molecule has 0 saturated carbocycles. The minimum absolute atomic E-state index is 0.0296. The van der Waals surface area contributed by atoms with Crippen LogP contribution in [0, 0.1) is 5.92 Å². The SMILES string of the molecule is CC1NCCCC1NC(=O)C1CC(=O)N(CC(F)(F)F)C1. The summed E-state index contributed by atoms with van der Waals surface area (Å²) in [5, 5.41) is 6.09. The number of hydrogen-bond acceptors (Lipinski definition) is 3. The Kier molecular flexibility index (Phi) is 4.75. The van der Waals surface area contributed by atoms with Gasteiger partial charge >= 0.3 is 6.18 Å². The number of nitrogens with zero attached hydrogens (tertiary/aromatic N) is 1. The largest absolute Gasteiger partial charge is 0.406 e. The van der Waals surface area contributed by atoms with Gasteiger partial charge in [0.25, 0.3) is 0 Å². The zero-order chi connectivity index (χ0) is 15.6. The number of halogens is 3. The average Bonchev–Trinajstić information content (AvgIpc) is 2.72. The number of carbonyl (C=O) groups is 2. The van der Waals surface area contributed by atoms with Gasteiger partial charge in [0.2, 0.25) is 11.8 Å². The monoisotopic (exact) mass is 307 g/mol. The van der Waals surface area contributed by atoms with E-state index in [9.17, 15) is 22.8 Å². The number of nitrogens with one attached hydrogen (secondary N) is 2. The maximum absolute atomic E-state index is 12.3. The van der Waals surface area contributed by atoms with E-state index >= 15 is 0 Å². The van der Waals surface area contributed by atoms with Crippen molar-refractivity contribution < 1.29 is 22.8 Å². The van der Waals surface area contributed by atoms with Crippen molar-refractivity contribution in [2.45, 2.75) is 44.4 Å². The Balaban J connectivity index is 1.88. The lowest BCUT2D eigenvalue weighted by molar-refractivity contribution is -0.157. The predicted octanol–water partition coefficient (Wildman–Crippen LogP) is 0.654. The second kappa shape index (κ2) is 6.21. The summed E-state index contributed by atoms with van der Waals surface area (Å²) >= 11 is 0. The van der Waals surface area contributed by atoms with E-state index in [-0.39, 0.29) is 31.0 Å². The third kappa shape index (κ3) is 4.33. The van der Waals surface area contributed by atoms with Crippen molar-refractivity contribution in [3.05, 3.63) is 0 Å². The molecule has 21 heavy (non-hydrogen) atoms. The van der Waals surface area contributed by atoms with Gasteiger partial charge < -0.3 is 15.5 Å². The molecule has 2 rings (SSSR count). The molecule has 3 atom stereocenters. The van der Waals surface area contributed by atoms with Crippen LogP contribution in [0.3, 0.4) is 0 Å². The highest BCUT2D eigenvalue weighted by Gasteiger charge is 2.41. The fraction of sp³-hybridized carbons (Fsp3) is 0.846. The van der Waals surface area contributed by atoms with Crippen LogP contribution in [0.2, 0.25) is 0 Å². The third-order valence-corrected chi connectivity index (χ3v) is 4.04. The number of hydrogen-bond donors (Lipinski definition) is 2. The van der Waals surface area contributed by atoms with Crippen LogP contribution in [0.25, 0.3) is 0 Å². The Morgan fingerprint density at radius 3 is 2.81 bits per heavy atom. The summed E-state index contributed by atoms with van der Waals surface area (Å²) in [6, 6.07) is 0.101. The topological polar surface area (TPSA) is 61.4 Å². The van der Waals surface area contributed by atoms with E-state index in [0.29, 0.717) is 4.90 Å². The van der Waals surface area contributed by atoms with E-state index in [4.69, 9.17) is 0 Å². The molecule has 2 aliphatic heterocycles. The van der Waals surface area contributed by atoms with Crippen LogP contribution in [0.4, 0.5) is 13.2 Å². The van der Waals surface area contributed by atoms with Crippen molar-refractivity contribution >= 4 is 11.8 Å². The molecule has 3 unspecified atom stereocenters. The molecule has 2 saturated heterocycles. The van der Waals surface area contributed by atoms with Crippen LogP contribution in [0.15, 0.2) is 0 Å². The lowest BCUT2D eigenvalue weighted by atomic mass is 9.98. The van der Waals surface area contributed by atoms with E-state index in [0.717, 1.165) is 19.4 Å². The maximum atomic E-state index is 12.3. The summed E-state index contributed by atoms with van der Waals surface area (Å²) in [4.78, 5) is 24.4. The molecule has 2 fully saturated rings. The van der Waals surface area contributed by atoms with Crippen LogP contribution in [-0.2, 0) is 9.59 Å². The number of likely N-dealkylation sites (tertiary alicyclic amines) is 1. The van der Waals surface area contributed by atoms with Crippen LogP contribution < -0.4 is 10.6 Å². The Hall–Kier alpha value is -1.31. The minimum atomic E-state index is -4.43. The van der Waals surface area contributed by atoms with Crippen molar-refractivity contribution in [3.63, 3.8) is 0 Å². The predicted molar refractivity (Wildman–Crippen MR) is 69.4 cm³/mol. The van der Waals surface area contributed by atoms with Crippen molar-refractivity contribution in [1.82, 2.24) is 15.5 Å². The van der Waals surface area contributed by atoms with Gasteiger partial charge in [-0.3, -0.25) is 9.59 Å². The van der Waals surface area contributed by atoms with E-state index in [1.807, 2.05) is 6.92 Å². The molecule has 120 valence electrons. The van der Waals surface area contributed by atoms with Crippen LogP contribution in [-0.4, -0.2) is 54.6 Å². The summed E-state index contributed by atoms with van der Waals surface area (Å²) in [7, 11) is 0. The lowest BCUT2D eigenvalue weighted by Crippen LogP contribution is -2.53. The molecular weight excluding hydrogens is 287 g/mol. The standard InChI is InChI=1S/C13H20F3N3O2/c1-8-10(3-2-4-17-8)18-12(21)9-5-11(20)19(6-9)7-13(14,15)16/h8-10,17H,2-7H2,1H3,(H,18,21). The van der Waals surface area contributed by atoms with E-state index in [2.05, 4.69) is 10.6 Å². The van der Waals surface area contributed by atoms with Gasteiger partial charge in [-0.1, -0.05) is 0 Å². The molecule has 2 aliphatic rings. The van der Waals surface area contributed by atoms with Gasteiger partial charge in [-0.2, -0.15) is 13.2 Å². The number of piperidine rings is 1. The number of amides is 2. The molecule has 0 aromatic carbocycles. The molecular formula is C13H20F3N3O2. The Morgan fingerprint density at radius 2 is 2.19 bits per heavy atom. The molecule has 0 aliphatic carbocycles. The molecule has 0 bridgehead atoms. The van der Waals surface area contributed by atoms with E-state index in [1.54, 1.807) is 0 Å². The minimum Gasteiger partial charge on any atom is -0.352 e. The molecule has 8 heteroatoms. The normalized spacial score (nSPS) is 30.6. The fourth-order valence-electron chi connectivity index (χ4n) is 2.86. The number of rotatable bonds is 3. The van der Waals surface area contributed by atoms with Crippen LogP contribution >= 0.6 is 0 Å². The van der Waals surface area contributed by atoms with E-state index < -0.39 is 24.5 Å². The second-order valence-corrected chi connectivity index (χ2v) is 5.79. The summed E-state index contributed by atoms with van der Waals surface area (Å²) in [5.74, 6) is -1.62. The van der Waals surface area contributed by atoms with E-state index in [1.165, 1.54) is 0 Å². The quantitative estimate of drug-likeness (QED) is 0.805. The van der Waals surface area contributed by atoms with Gasteiger partial charge in [0, 0.05) is 25.0 Å². The summed E-state index contributed by atoms with van der Waals surface area (Å²) in [5.41, 5.74) is 0. The number of carbonyl (C=O) groups excluding carboxylic acids is 2. The van der Waals surface area contributed by atoms with Gasteiger partial charge in [-0.15, -0.1) is 0 Å². The molecule has 5 nitrogen and oxygen atoms in total. The second-order valence-electron chi connectivity index (χ2n) is 5.79. The first-order valence-corrected chi connectivity index (χ1v) is 7.14. The zero-order valence-electron chi connectivity index (χ0n) is 11.9. The average molecular weight is 307 g/mol. The zero-order valence-corrected chi connectivity index (χ0v) is 11.9. The van der Waals surface area contributed by atoms with Gasteiger partial charge in [0.15, 0.2) is 0 Å². The van der Waals surface area contributed by atoms with Gasteiger partial charge in [-0.05, 0) is 26.3 Å². The first kappa shape index (κ1) is 16.1. The van der Waals surface area contributed by atoms with Crippen molar-refractivity contribution in [3.8, 4) is 0 Å². The van der Waals surface area contributed by atoms with Crippen molar-refractivity contribution in [2.75, 3.05) is 19.6 Å². The Bertz CT molecular complexity index is 414. The molecule has 0 aromatic heterocycles. The summed E-state index contributed by atoms with van der Waals surface area (Å²) in [6.07, 6.45) is -2.79. The summed E-state index contributed by atoms with van der Waals surface area (Å²) in [6.45, 7) is 1.42. The third-order valence-electron chi connectivity index (χ3n) is 4.04. The van der Waals surface area contributed by atoms with Crippen molar-refractivity contribution in [2.24, 2.45) is 5.92 Å². The first-order chi connectivity index (χ1) is 9.76. The van der Waals surface area contributed by atoms with Crippen LogP contribution in [0.5, 0.6) is 0 Å². The Labute approximate surface area is 121 Å². The molecule has 0 aromatic rings. The molecule has 2 N–H and O–H groups in total. The van der Waals surface area contributed by atoms with Crippen molar-refractivity contribution in [1.29, 1.82) is 0 Å². The molecule has 2 amide bonds. The van der Waals surface area contributed by atoms with Gasteiger partial charge in [0.1, 0.15) is 6.54 Å². The lowest BCUT2D eigenvalue weighted by Gasteiger charge is -2.31. The van der Waals surface area contributed by atoms with Crippen LogP contribution in [0.1, 0.15) is 26.2 Å². The fourth-order valence-corrected chi connectivity index (χ4v) is 2.86. The highest BCUT2D eigenvalue weighted by Crippen LogP contribution is 2.24. The smallest absolute Gasteiger partial charge is 0.352 e. The highest BCUT2D eigenvalue weighted by molar-refractivity contribution is 5.89. The number of alkyl halides is 3. The van der Waals surface area contributed by atoms with Gasteiger partial charge in [0.05, 0.1) is 5.92 Å². The Morgan fingerprint density at radius 1 is 1.48 bits per heavy atom. The molecule has 0 radical (unpaired) electrons. The molecule has 0 spiro atoms. The first-order valence-electron chi connectivity index (χ1n) is 7.14.